The van der Waals surface area contributed by atoms with Crippen molar-refractivity contribution in [3.8, 4) is 0 Å². The minimum atomic E-state index is -3.43. The molecule has 20 heavy (non-hydrogen) atoms. The van der Waals surface area contributed by atoms with Gasteiger partial charge in [-0.2, -0.15) is 4.31 Å². The van der Waals surface area contributed by atoms with Crippen LogP contribution in [0.3, 0.4) is 0 Å². The van der Waals surface area contributed by atoms with Crippen molar-refractivity contribution in [2.24, 2.45) is 0 Å². The SMILES string of the molecule is Cc1ccc(S(=O)(=O)N2CC(C)NC(C)C2)c(Br)c1.Cl. The number of rotatable bonds is 2. The Bertz CT molecular complexity index is 570. The molecule has 0 saturated carbocycles. The number of aryl methyl sites for hydroxylation is 1. The Labute approximate surface area is 135 Å². The Balaban J connectivity index is 0.00000200. The molecule has 1 fully saturated rings. The molecule has 2 unspecified atom stereocenters. The van der Waals surface area contributed by atoms with Gasteiger partial charge in [-0.1, -0.05) is 6.07 Å². The molecule has 2 rings (SSSR count). The predicted molar refractivity (Wildman–Crippen MR) is 86.9 cm³/mol. The number of halogens is 2. The topological polar surface area (TPSA) is 49.4 Å². The van der Waals surface area contributed by atoms with Gasteiger partial charge in [-0.05, 0) is 54.4 Å². The Morgan fingerprint density at radius 2 is 1.80 bits per heavy atom. The van der Waals surface area contributed by atoms with Crippen LogP contribution in [-0.2, 0) is 10.0 Å². The number of nitrogens with zero attached hydrogens (tertiary/aromatic N) is 1. The van der Waals surface area contributed by atoms with Crippen LogP contribution in [0, 0.1) is 6.92 Å². The molecule has 1 saturated heterocycles. The molecule has 1 aromatic rings. The number of sulfonamides is 1. The summed E-state index contributed by atoms with van der Waals surface area (Å²) in [6, 6.07) is 5.67. The van der Waals surface area contributed by atoms with Gasteiger partial charge in [0.1, 0.15) is 0 Å². The van der Waals surface area contributed by atoms with Gasteiger partial charge >= 0.3 is 0 Å². The van der Waals surface area contributed by atoms with Gasteiger partial charge in [0.2, 0.25) is 10.0 Å². The van der Waals surface area contributed by atoms with E-state index in [2.05, 4.69) is 21.2 Å². The lowest BCUT2D eigenvalue weighted by Gasteiger charge is -2.35. The third kappa shape index (κ3) is 3.74. The van der Waals surface area contributed by atoms with E-state index in [1.54, 1.807) is 10.4 Å². The minimum absolute atomic E-state index is 0. The molecule has 0 radical (unpaired) electrons. The van der Waals surface area contributed by atoms with E-state index >= 15 is 0 Å². The quantitative estimate of drug-likeness (QED) is 0.854. The van der Waals surface area contributed by atoms with Crippen LogP contribution < -0.4 is 5.32 Å². The zero-order chi connectivity index (χ0) is 14.2. The summed E-state index contributed by atoms with van der Waals surface area (Å²) in [5.74, 6) is 0. The number of benzene rings is 1. The van der Waals surface area contributed by atoms with Crippen LogP contribution in [0.5, 0.6) is 0 Å². The fraction of sp³-hybridized carbons (Fsp3) is 0.538. The summed E-state index contributed by atoms with van der Waals surface area (Å²) in [7, 11) is -3.43. The van der Waals surface area contributed by atoms with Crippen molar-refractivity contribution in [1.29, 1.82) is 0 Å². The monoisotopic (exact) mass is 382 g/mol. The molecule has 1 heterocycles. The van der Waals surface area contributed by atoms with Gasteiger partial charge in [-0.15, -0.1) is 12.4 Å². The fourth-order valence-electron chi connectivity index (χ4n) is 2.43. The van der Waals surface area contributed by atoms with E-state index in [4.69, 9.17) is 0 Å². The Morgan fingerprint density at radius 1 is 1.25 bits per heavy atom. The van der Waals surface area contributed by atoms with Crippen LogP contribution >= 0.6 is 28.3 Å². The smallest absolute Gasteiger partial charge is 0.244 e. The molecule has 4 nitrogen and oxygen atoms in total. The van der Waals surface area contributed by atoms with E-state index in [-0.39, 0.29) is 24.5 Å². The van der Waals surface area contributed by atoms with E-state index < -0.39 is 10.0 Å². The van der Waals surface area contributed by atoms with Gasteiger partial charge in [-0.25, -0.2) is 8.42 Å². The van der Waals surface area contributed by atoms with Crippen molar-refractivity contribution in [3.63, 3.8) is 0 Å². The van der Waals surface area contributed by atoms with Gasteiger partial charge < -0.3 is 5.32 Å². The molecule has 1 aliphatic heterocycles. The van der Waals surface area contributed by atoms with Crippen molar-refractivity contribution in [2.75, 3.05) is 13.1 Å². The maximum atomic E-state index is 12.7. The zero-order valence-corrected chi connectivity index (χ0v) is 15.0. The second-order valence-electron chi connectivity index (χ2n) is 5.22. The highest BCUT2D eigenvalue weighted by Crippen LogP contribution is 2.27. The first-order valence-corrected chi connectivity index (χ1v) is 8.56. The molecular formula is C13H20BrClN2O2S. The van der Waals surface area contributed by atoms with Crippen LogP contribution in [0.15, 0.2) is 27.6 Å². The first-order chi connectivity index (χ1) is 8.80. The van der Waals surface area contributed by atoms with E-state index in [1.165, 1.54) is 0 Å². The molecule has 2 atom stereocenters. The Hall–Kier alpha value is -0.140. The number of hydrogen-bond donors (Lipinski definition) is 1. The van der Waals surface area contributed by atoms with Crippen molar-refractivity contribution in [3.05, 3.63) is 28.2 Å². The lowest BCUT2D eigenvalue weighted by atomic mass is 10.2. The van der Waals surface area contributed by atoms with Gasteiger partial charge in [0.15, 0.2) is 0 Å². The molecule has 0 bridgehead atoms. The minimum Gasteiger partial charge on any atom is -0.309 e. The Kier molecular flexibility index (Phi) is 6.04. The van der Waals surface area contributed by atoms with Gasteiger partial charge in [0.25, 0.3) is 0 Å². The van der Waals surface area contributed by atoms with Crippen molar-refractivity contribution < 1.29 is 8.42 Å². The summed E-state index contributed by atoms with van der Waals surface area (Å²) in [4.78, 5) is 0.347. The molecule has 1 N–H and O–H groups in total. The van der Waals surface area contributed by atoms with Gasteiger partial charge in [0, 0.05) is 29.6 Å². The third-order valence-electron chi connectivity index (χ3n) is 3.23. The molecule has 7 heteroatoms. The molecule has 0 spiro atoms. The lowest BCUT2D eigenvalue weighted by Crippen LogP contribution is -2.55. The molecule has 1 aliphatic rings. The molecular weight excluding hydrogens is 364 g/mol. The summed E-state index contributed by atoms with van der Waals surface area (Å²) in [5.41, 5.74) is 1.04. The highest BCUT2D eigenvalue weighted by atomic mass is 79.9. The van der Waals surface area contributed by atoms with E-state index in [1.807, 2.05) is 32.9 Å². The van der Waals surface area contributed by atoms with E-state index in [0.29, 0.717) is 22.5 Å². The third-order valence-corrected chi connectivity index (χ3v) is 6.04. The molecule has 0 aromatic heterocycles. The largest absolute Gasteiger partial charge is 0.309 e. The Morgan fingerprint density at radius 3 is 2.30 bits per heavy atom. The van der Waals surface area contributed by atoms with Crippen molar-refractivity contribution in [2.45, 2.75) is 37.8 Å². The van der Waals surface area contributed by atoms with Gasteiger partial charge in [0.05, 0.1) is 4.90 Å². The van der Waals surface area contributed by atoms with Crippen LogP contribution in [0.25, 0.3) is 0 Å². The number of piperazine rings is 1. The van der Waals surface area contributed by atoms with E-state index in [0.717, 1.165) is 5.56 Å². The first-order valence-electron chi connectivity index (χ1n) is 6.33. The molecule has 114 valence electrons. The summed E-state index contributed by atoms with van der Waals surface area (Å²) < 4.78 is 27.6. The maximum absolute atomic E-state index is 12.7. The highest BCUT2D eigenvalue weighted by molar-refractivity contribution is 9.10. The molecule has 0 aliphatic carbocycles. The summed E-state index contributed by atoms with van der Waals surface area (Å²) in [6.07, 6.45) is 0. The number of hydrogen-bond acceptors (Lipinski definition) is 3. The average molecular weight is 384 g/mol. The first kappa shape index (κ1) is 17.9. The average Bonchev–Trinajstić information content (AvgIpc) is 2.26. The predicted octanol–water partition coefficient (Wildman–Crippen LogP) is 2.55. The number of nitrogens with one attached hydrogen (secondary N) is 1. The standard InChI is InChI=1S/C13H19BrN2O2S.ClH/c1-9-4-5-13(12(14)6-9)19(17,18)16-7-10(2)15-11(3)8-16;/h4-6,10-11,15H,7-8H2,1-3H3;1H. The molecule has 1 aromatic carbocycles. The van der Waals surface area contributed by atoms with E-state index in [9.17, 15) is 8.42 Å². The lowest BCUT2D eigenvalue weighted by molar-refractivity contribution is 0.263. The summed E-state index contributed by atoms with van der Waals surface area (Å²) in [5, 5.41) is 3.34. The van der Waals surface area contributed by atoms with Crippen LogP contribution in [-0.4, -0.2) is 37.9 Å². The van der Waals surface area contributed by atoms with Crippen LogP contribution in [0.4, 0.5) is 0 Å². The summed E-state index contributed by atoms with van der Waals surface area (Å²) >= 11 is 3.36. The normalized spacial score (nSPS) is 24.2. The fourth-order valence-corrected chi connectivity index (χ4v) is 5.20. The van der Waals surface area contributed by atoms with Crippen LogP contribution in [0.2, 0.25) is 0 Å². The molecule has 0 amide bonds. The highest BCUT2D eigenvalue weighted by Gasteiger charge is 2.32. The second-order valence-corrected chi connectivity index (χ2v) is 7.99. The van der Waals surface area contributed by atoms with Crippen molar-refractivity contribution in [1.82, 2.24) is 9.62 Å². The van der Waals surface area contributed by atoms with Gasteiger partial charge in [-0.3, -0.25) is 0 Å². The van der Waals surface area contributed by atoms with Crippen LogP contribution in [0.1, 0.15) is 19.4 Å². The van der Waals surface area contributed by atoms with Crippen molar-refractivity contribution >= 4 is 38.4 Å². The maximum Gasteiger partial charge on any atom is 0.244 e. The second kappa shape index (κ2) is 6.75. The summed E-state index contributed by atoms with van der Waals surface area (Å²) in [6.45, 7) is 6.96. The zero-order valence-electron chi connectivity index (χ0n) is 11.8.